The van der Waals surface area contributed by atoms with Crippen molar-refractivity contribution in [3.05, 3.63) is 108 Å². The first-order valence-corrected chi connectivity index (χ1v) is 9.97. The normalized spacial score (nSPS) is 11.0. The summed E-state index contributed by atoms with van der Waals surface area (Å²) in [4.78, 5) is 4.97. The zero-order chi connectivity index (χ0) is 18.9. The molecule has 0 bridgehead atoms. The van der Waals surface area contributed by atoms with Crippen molar-refractivity contribution in [2.45, 2.75) is 0 Å². The fraction of sp³-hybridized carbons (Fsp3) is 0. The van der Waals surface area contributed by atoms with Gasteiger partial charge in [0.2, 0.25) is 0 Å². The van der Waals surface area contributed by atoms with Crippen LogP contribution in [-0.4, -0.2) is 9.38 Å². The van der Waals surface area contributed by atoms with Gasteiger partial charge in [0.25, 0.3) is 0 Å². The minimum absolute atomic E-state index is 0.959. The van der Waals surface area contributed by atoms with Crippen LogP contribution in [0.2, 0.25) is 0 Å². The largest absolute Gasteiger partial charge is 0.305 e. The van der Waals surface area contributed by atoms with Gasteiger partial charge in [-0.1, -0.05) is 88.7 Å². The maximum absolute atomic E-state index is 4.97. The number of imidazole rings is 1. The third-order valence-electron chi connectivity index (χ3n) is 4.88. The molecule has 134 valence electrons. The van der Waals surface area contributed by atoms with Crippen LogP contribution in [0.25, 0.3) is 39.2 Å². The molecule has 3 heteroatoms. The van der Waals surface area contributed by atoms with Gasteiger partial charge in [0.05, 0.1) is 5.69 Å². The van der Waals surface area contributed by atoms with Crippen molar-refractivity contribution in [1.82, 2.24) is 9.38 Å². The van der Waals surface area contributed by atoms with Crippen LogP contribution in [0.3, 0.4) is 0 Å². The summed E-state index contributed by atoms with van der Waals surface area (Å²) in [6, 6.07) is 31.4. The lowest BCUT2D eigenvalue weighted by molar-refractivity contribution is 1.19. The van der Waals surface area contributed by atoms with Crippen LogP contribution in [0.4, 0.5) is 0 Å². The summed E-state index contributed by atoms with van der Waals surface area (Å²) in [5.41, 5.74) is 7.69. The summed E-state index contributed by atoms with van der Waals surface area (Å²) >= 11 is 3.53. The van der Waals surface area contributed by atoms with E-state index in [1.54, 1.807) is 0 Å². The standard InChI is InChI=1S/C25H17BrN2/c26-22-13-11-19(12-14-22)23-15-21(18-7-3-1-4-8-18)16-28-17-24(27-25(23)28)20-9-5-2-6-10-20/h1-17H. The predicted molar refractivity (Wildman–Crippen MR) is 119 cm³/mol. The Morgan fingerprint density at radius 3 is 1.93 bits per heavy atom. The quantitative estimate of drug-likeness (QED) is 0.301. The second kappa shape index (κ2) is 7.10. The van der Waals surface area contributed by atoms with Gasteiger partial charge in [-0.2, -0.15) is 0 Å². The Hall–Kier alpha value is -3.17. The van der Waals surface area contributed by atoms with E-state index in [4.69, 9.17) is 4.98 Å². The SMILES string of the molecule is Brc1ccc(-c2cc(-c3ccccc3)cn3cc(-c4ccccc4)nc23)cc1. The number of aromatic nitrogens is 2. The highest BCUT2D eigenvalue weighted by Crippen LogP contribution is 2.32. The molecule has 0 unspecified atom stereocenters. The summed E-state index contributed by atoms with van der Waals surface area (Å²) in [6.07, 6.45) is 4.27. The first-order valence-electron chi connectivity index (χ1n) is 9.17. The van der Waals surface area contributed by atoms with E-state index in [9.17, 15) is 0 Å². The third kappa shape index (κ3) is 3.14. The summed E-state index contributed by atoms with van der Waals surface area (Å²) in [6.45, 7) is 0. The van der Waals surface area contributed by atoms with Crippen LogP contribution in [0, 0.1) is 0 Å². The second-order valence-corrected chi connectivity index (χ2v) is 7.65. The lowest BCUT2D eigenvalue weighted by atomic mass is 10.0. The third-order valence-corrected chi connectivity index (χ3v) is 5.41. The van der Waals surface area contributed by atoms with Crippen molar-refractivity contribution < 1.29 is 0 Å². The molecule has 2 aromatic heterocycles. The van der Waals surface area contributed by atoms with Crippen LogP contribution in [0.15, 0.2) is 108 Å². The molecule has 2 nitrogen and oxygen atoms in total. The van der Waals surface area contributed by atoms with Crippen LogP contribution in [-0.2, 0) is 0 Å². The lowest BCUT2D eigenvalue weighted by Crippen LogP contribution is -1.91. The van der Waals surface area contributed by atoms with E-state index < -0.39 is 0 Å². The number of fused-ring (bicyclic) bond motifs is 1. The van der Waals surface area contributed by atoms with E-state index >= 15 is 0 Å². The van der Waals surface area contributed by atoms with E-state index in [1.807, 2.05) is 24.3 Å². The number of halogens is 1. The first kappa shape index (κ1) is 17.0. The molecule has 0 fully saturated rings. The molecule has 0 atom stereocenters. The molecule has 0 aliphatic carbocycles. The zero-order valence-corrected chi connectivity index (χ0v) is 16.7. The number of hydrogen-bond acceptors (Lipinski definition) is 1. The van der Waals surface area contributed by atoms with Crippen LogP contribution in [0.5, 0.6) is 0 Å². The summed E-state index contributed by atoms with van der Waals surface area (Å²) in [5, 5.41) is 0. The Bertz CT molecular complexity index is 1240. The first-order chi connectivity index (χ1) is 13.8. The maximum Gasteiger partial charge on any atom is 0.145 e. The van der Waals surface area contributed by atoms with E-state index in [1.165, 1.54) is 11.1 Å². The van der Waals surface area contributed by atoms with Crippen molar-refractivity contribution in [2.24, 2.45) is 0 Å². The molecule has 5 rings (SSSR count). The number of hydrogen-bond donors (Lipinski definition) is 0. The maximum atomic E-state index is 4.97. The van der Waals surface area contributed by atoms with Crippen LogP contribution < -0.4 is 0 Å². The summed E-state index contributed by atoms with van der Waals surface area (Å²) in [7, 11) is 0. The molecule has 0 amide bonds. The molecule has 0 aliphatic heterocycles. The molecule has 28 heavy (non-hydrogen) atoms. The van der Waals surface area contributed by atoms with Gasteiger partial charge in [0, 0.05) is 28.0 Å². The Balaban J connectivity index is 1.77. The molecule has 0 saturated heterocycles. The number of benzene rings is 3. The van der Waals surface area contributed by atoms with Crippen molar-refractivity contribution in [3.63, 3.8) is 0 Å². The average Bonchev–Trinajstić information content (AvgIpc) is 3.19. The Morgan fingerprint density at radius 2 is 1.25 bits per heavy atom. The number of nitrogens with zero attached hydrogens (tertiary/aromatic N) is 2. The fourth-order valence-electron chi connectivity index (χ4n) is 3.48. The van der Waals surface area contributed by atoms with E-state index in [0.717, 1.165) is 32.5 Å². The van der Waals surface area contributed by atoms with Gasteiger partial charge in [0.15, 0.2) is 0 Å². The van der Waals surface area contributed by atoms with E-state index in [-0.39, 0.29) is 0 Å². The fourth-order valence-corrected chi connectivity index (χ4v) is 3.74. The molecule has 0 radical (unpaired) electrons. The van der Waals surface area contributed by atoms with E-state index in [0.29, 0.717) is 0 Å². The topological polar surface area (TPSA) is 17.3 Å². The molecule has 3 aromatic carbocycles. The van der Waals surface area contributed by atoms with Gasteiger partial charge < -0.3 is 4.40 Å². The van der Waals surface area contributed by atoms with E-state index in [2.05, 4.69) is 99.5 Å². The molecule has 0 N–H and O–H groups in total. The monoisotopic (exact) mass is 424 g/mol. The summed E-state index contributed by atoms with van der Waals surface area (Å²) in [5.74, 6) is 0. The van der Waals surface area contributed by atoms with Crippen molar-refractivity contribution in [1.29, 1.82) is 0 Å². The van der Waals surface area contributed by atoms with Crippen molar-refractivity contribution >= 4 is 21.6 Å². The Kier molecular flexibility index (Phi) is 4.30. The Morgan fingerprint density at radius 1 is 0.607 bits per heavy atom. The van der Waals surface area contributed by atoms with Crippen molar-refractivity contribution in [3.8, 4) is 33.5 Å². The van der Waals surface area contributed by atoms with Crippen molar-refractivity contribution in [2.75, 3.05) is 0 Å². The molecule has 0 aliphatic rings. The molecule has 5 aromatic rings. The predicted octanol–water partition coefficient (Wildman–Crippen LogP) is 7.10. The Labute approximate surface area is 172 Å². The number of rotatable bonds is 3. The lowest BCUT2D eigenvalue weighted by Gasteiger charge is -2.09. The molecule has 0 spiro atoms. The molecular formula is C25H17BrN2. The number of pyridine rings is 1. The molecular weight excluding hydrogens is 408 g/mol. The van der Waals surface area contributed by atoms with Crippen LogP contribution >= 0.6 is 15.9 Å². The molecule has 0 saturated carbocycles. The average molecular weight is 425 g/mol. The van der Waals surface area contributed by atoms with Crippen LogP contribution in [0.1, 0.15) is 0 Å². The summed E-state index contributed by atoms with van der Waals surface area (Å²) < 4.78 is 3.21. The highest BCUT2D eigenvalue weighted by Gasteiger charge is 2.12. The van der Waals surface area contributed by atoms with Gasteiger partial charge in [0.1, 0.15) is 5.65 Å². The highest BCUT2D eigenvalue weighted by atomic mass is 79.9. The zero-order valence-electron chi connectivity index (χ0n) is 15.1. The second-order valence-electron chi connectivity index (χ2n) is 6.74. The molecule has 2 heterocycles. The minimum Gasteiger partial charge on any atom is -0.305 e. The highest BCUT2D eigenvalue weighted by molar-refractivity contribution is 9.10. The minimum atomic E-state index is 0.959. The van der Waals surface area contributed by atoms with Gasteiger partial charge in [-0.15, -0.1) is 0 Å². The van der Waals surface area contributed by atoms with Gasteiger partial charge >= 0.3 is 0 Å². The van der Waals surface area contributed by atoms with Gasteiger partial charge in [-0.05, 0) is 34.9 Å². The smallest absolute Gasteiger partial charge is 0.145 e. The van der Waals surface area contributed by atoms with Gasteiger partial charge in [-0.25, -0.2) is 4.98 Å². The van der Waals surface area contributed by atoms with Gasteiger partial charge in [-0.3, -0.25) is 0 Å².